The van der Waals surface area contributed by atoms with E-state index in [9.17, 15) is 77.0 Å². The van der Waals surface area contributed by atoms with Crippen LogP contribution in [0.1, 0.15) is 171 Å². The van der Waals surface area contributed by atoms with E-state index < -0.39 is 187 Å². The molecule has 0 bridgehead atoms. The minimum absolute atomic E-state index is 0.00401. The van der Waals surface area contributed by atoms with Crippen molar-refractivity contribution in [1.82, 2.24) is 31.5 Å². The molecule has 3 heterocycles. The molecule has 43 nitrogen and oxygen atoms in total. The van der Waals surface area contributed by atoms with E-state index in [0.29, 0.717) is 37.2 Å². The number of aliphatic carboxylic acids is 1. The molecule has 12 atom stereocenters. The second-order valence-electron chi connectivity index (χ2n) is 33.8. The zero-order valence-electron chi connectivity index (χ0n) is 81.5. The van der Waals surface area contributed by atoms with Crippen molar-refractivity contribution in [3.63, 3.8) is 0 Å². The number of amides is 7. The maximum Gasteiger partial charge on any atom is 0.306 e. The Labute approximate surface area is 813 Å². The standard InChI is InChI=1S/C97H135N7O36/c1-62(105)101-85-89(137-68(7)111)87(135-66(5)109)78(56-131-64(3)107)139-93(85)129-50-48-127-46-44-125-42-40-123-38-36-98-91(119)70-52-71(92(120)99-37-39-124-41-43-126-45-47-128-49-51-130-94-86(102-63(2)106)90(138-69(8)112)88(136-67(6)110)79(140-94)57-132-65(4)108)54-75(53-70)103-81(114)55-100-80(113)24-20-15-13-14-16-21-25-82(115)104-58-95(9,60-133-84(118)35-34-83(116)117)96(10,59-104)61-134-97(72-22-18-17-19-23-72,73-26-30-76(121-11)31-27-73)74-28-32-77(122-12)33-29-74/h17-19,22-23,26-33,52-54,78-79,85-90,93-94H,13-16,20-21,24-25,34-51,55-61H2,1-12H3,(H,98,119)(H,99,120)(H,100,113)(H,101,105)(H,102,106)(H,103,114)(H,116,117)/t78-,79-,85-,86-,87+,88+,89-,90-,93?,94?,95?,96?/m1/s1. The third-order valence-electron chi connectivity index (χ3n) is 22.7. The number of nitrogens with one attached hydrogen (secondary N) is 6. The van der Waals surface area contributed by atoms with Gasteiger partial charge in [0.15, 0.2) is 37.0 Å². The number of anilines is 1. The molecule has 0 radical (unpaired) electrons. The van der Waals surface area contributed by atoms with Gasteiger partial charge in [0, 0.05) is 122 Å². The number of rotatable bonds is 63. The predicted octanol–water partition coefficient (Wildman–Crippen LogP) is 5.06. The van der Waals surface area contributed by atoms with Gasteiger partial charge < -0.3 is 137 Å². The molecule has 43 heteroatoms. The van der Waals surface area contributed by atoms with Gasteiger partial charge in [-0.15, -0.1) is 0 Å². The Bertz CT molecular complexity index is 4470. The first-order valence-corrected chi connectivity index (χ1v) is 46.4. The van der Waals surface area contributed by atoms with Crippen molar-refractivity contribution >= 4 is 94.8 Å². The van der Waals surface area contributed by atoms with Crippen LogP contribution in [0.2, 0.25) is 0 Å². The number of esters is 7. The highest BCUT2D eigenvalue weighted by molar-refractivity contribution is 6.03. The molecule has 0 aliphatic carbocycles. The van der Waals surface area contributed by atoms with Gasteiger partial charge >= 0.3 is 47.8 Å². The highest BCUT2D eigenvalue weighted by Crippen LogP contribution is 2.51. The van der Waals surface area contributed by atoms with Crippen LogP contribution in [0, 0.1) is 10.8 Å². The predicted molar refractivity (Wildman–Crippen MR) is 493 cm³/mol. The van der Waals surface area contributed by atoms with Crippen LogP contribution in [-0.4, -0.2) is 326 Å². The van der Waals surface area contributed by atoms with Crippen molar-refractivity contribution < 1.29 is 172 Å². The van der Waals surface area contributed by atoms with E-state index in [1.807, 2.05) is 92.7 Å². The summed E-state index contributed by atoms with van der Waals surface area (Å²) in [6.45, 7) is 13.2. The van der Waals surface area contributed by atoms with Crippen LogP contribution in [0.3, 0.4) is 0 Å². The number of ether oxygens (including phenoxy) is 20. The van der Waals surface area contributed by atoms with Gasteiger partial charge in [-0.05, 0) is 72.0 Å². The van der Waals surface area contributed by atoms with Gasteiger partial charge in [-0.3, -0.25) is 71.9 Å². The zero-order chi connectivity index (χ0) is 102. The molecular formula is C97H135N7O36. The van der Waals surface area contributed by atoms with Crippen LogP contribution in [0.5, 0.6) is 11.5 Å². The van der Waals surface area contributed by atoms with E-state index in [-0.39, 0.29) is 174 Å². The Hall–Kier alpha value is -11.9. The number of carboxylic acid groups (broad SMARTS) is 1. The maximum atomic E-state index is 14.3. The van der Waals surface area contributed by atoms with E-state index in [1.165, 1.54) is 32.0 Å². The van der Waals surface area contributed by atoms with Crippen LogP contribution in [0.15, 0.2) is 97.1 Å². The van der Waals surface area contributed by atoms with Gasteiger partial charge in [0.25, 0.3) is 11.8 Å². The van der Waals surface area contributed by atoms with Crippen LogP contribution in [0.4, 0.5) is 5.69 Å². The fourth-order valence-corrected chi connectivity index (χ4v) is 15.7. The number of hydrogen-bond acceptors (Lipinski definition) is 35. The van der Waals surface area contributed by atoms with Gasteiger partial charge in [0.1, 0.15) is 54.6 Å². The van der Waals surface area contributed by atoms with Crippen molar-refractivity contribution in [3.05, 3.63) is 125 Å². The quantitative estimate of drug-likeness (QED) is 0.0131. The number of nitrogens with zero attached hydrogens (tertiary/aromatic N) is 1. The number of carbonyl (C=O) groups excluding carboxylic acids is 14. The van der Waals surface area contributed by atoms with Crippen LogP contribution >= 0.6 is 0 Å². The first-order valence-electron chi connectivity index (χ1n) is 46.4. The fourth-order valence-electron chi connectivity index (χ4n) is 15.7. The highest BCUT2D eigenvalue weighted by Gasteiger charge is 2.57. The topological polar surface area (TPSA) is 536 Å². The van der Waals surface area contributed by atoms with E-state index in [4.69, 9.17) is 94.7 Å². The van der Waals surface area contributed by atoms with Gasteiger partial charge in [-0.2, -0.15) is 0 Å². The number of likely N-dealkylation sites (tertiary alicyclic amines) is 1. The Morgan fingerprint density at radius 2 is 0.814 bits per heavy atom. The van der Waals surface area contributed by atoms with Crippen molar-refractivity contribution in [1.29, 1.82) is 0 Å². The second kappa shape index (κ2) is 60.3. The maximum absolute atomic E-state index is 14.3. The lowest BCUT2D eigenvalue weighted by molar-refractivity contribution is -0.279. The lowest BCUT2D eigenvalue weighted by Gasteiger charge is -2.44. The molecule has 3 saturated heterocycles. The summed E-state index contributed by atoms with van der Waals surface area (Å²) in [5.41, 5.74) is -0.462. The van der Waals surface area contributed by atoms with Crippen molar-refractivity contribution in [2.75, 3.05) is 171 Å². The number of benzene rings is 4. The summed E-state index contributed by atoms with van der Waals surface area (Å²) in [6, 6.07) is 26.7. The molecule has 3 aliphatic rings. The lowest BCUT2D eigenvalue weighted by Crippen LogP contribution is -2.66. The van der Waals surface area contributed by atoms with E-state index >= 15 is 0 Å². The fraction of sp³-hybridized carbons (Fsp3) is 0.598. The van der Waals surface area contributed by atoms with Crippen molar-refractivity contribution in [2.24, 2.45) is 10.8 Å². The molecule has 7 amide bonds. The van der Waals surface area contributed by atoms with E-state index in [0.717, 1.165) is 71.1 Å². The molecule has 0 spiro atoms. The highest BCUT2D eigenvalue weighted by atomic mass is 16.7. The van der Waals surface area contributed by atoms with Gasteiger partial charge in [-0.1, -0.05) is 94.1 Å². The van der Waals surface area contributed by atoms with E-state index in [1.54, 1.807) is 19.1 Å². The van der Waals surface area contributed by atoms with Crippen molar-refractivity contribution in [2.45, 2.75) is 200 Å². The SMILES string of the molecule is COc1ccc(C(OCC2(C)CN(C(=O)CCCCCCCCC(=O)NCC(=O)Nc3cc(C(=O)NCCOCCOCCOCCOC4O[C@H](COC(C)=O)[C@H](OC(C)=O)[C@H](OC(C)=O)[C@H]4NC(C)=O)cc(C(=O)NCCOCCOCCOCCOC4O[C@H](COC(C)=O)[C@H](OC(C)=O)[C@H](OC(C)=O)[C@H]4NC(C)=O)c3)CC2(C)COC(=O)CCC(=O)O)(c2ccccc2)c2ccc(OC)cc2)cc1. The first kappa shape index (κ1) is 115. The molecule has 7 rings (SSSR count). The number of unbranched alkanes of at least 4 members (excludes halogenated alkanes) is 5. The molecule has 0 aromatic heterocycles. The minimum Gasteiger partial charge on any atom is -0.497 e. The van der Waals surface area contributed by atoms with Crippen LogP contribution in [0.25, 0.3) is 0 Å². The summed E-state index contributed by atoms with van der Waals surface area (Å²) in [5.74, 6) is -8.38. The Kier molecular flexibility index (Phi) is 49.5. The largest absolute Gasteiger partial charge is 0.497 e. The number of methoxy groups -OCH3 is 2. The summed E-state index contributed by atoms with van der Waals surface area (Å²) in [4.78, 5) is 192. The minimum atomic E-state index is -1.30. The van der Waals surface area contributed by atoms with Gasteiger partial charge in [-0.25, -0.2) is 0 Å². The average molecular weight is 1980 g/mol. The summed E-state index contributed by atoms with van der Waals surface area (Å²) in [7, 11) is 3.18. The molecule has 4 aromatic rings. The van der Waals surface area contributed by atoms with Crippen molar-refractivity contribution in [3.8, 4) is 11.5 Å². The summed E-state index contributed by atoms with van der Waals surface area (Å²) >= 11 is 0. The normalized spacial score (nSPS) is 20.4. The molecule has 4 unspecified atom stereocenters. The molecule has 0 saturated carbocycles. The molecule has 7 N–H and O–H groups in total. The second-order valence-corrected chi connectivity index (χ2v) is 33.8. The third-order valence-corrected chi connectivity index (χ3v) is 22.7. The Balaban J connectivity index is 0.870. The van der Waals surface area contributed by atoms with Gasteiger partial charge in [0.05, 0.1) is 139 Å². The Morgan fingerprint density at radius 3 is 1.22 bits per heavy atom. The summed E-state index contributed by atoms with van der Waals surface area (Å²) in [5, 5.41) is 25.4. The first-order chi connectivity index (χ1) is 67.0. The smallest absolute Gasteiger partial charge is 0.306 e. The Morgan fingerprint density at radius 1 is 0.421 bits per heavy atom. The summed E-state index contributed by atoms with van der Waals surface area (Å²) < 4.78 is 114. The zero-order valence-corrected chi connectivity index (χ0v) is 81.5. The van der Waals surface area contributed by atoms with Crippen LogP contribution < -0.4 is 41.4 Å². The number of hydrogen-bond donors (Lipinski definition) is 7. The molecule has 774 valence electrons. The molecule has 3 aliphatic heterocycles. The van der Waals surface area contributed by atoms with Crippen LogP contribution in [-0.2, 0) is 153 Å². The monoisotopic (exact) mass is 1970 g/mol. The molecule has 4 aromatic carbocycles. The molecule has 3 fully saturated rings. The average Bonchev–Trinajstić information content (AvgIpc) is 1.41. The number of carboxylic acids is 1. The number of carbonyl (C=O) groups is 15. The third kappa shape index (κ3) is 38.9. The molecule has 140 heavy (non-hydrogen) atoms. The lowest BCUT2D eigenvalue weighted by atomic mass is 9.68. The van der Waals surface area contributed by atoms with E-state index in [2.05, 4.69) is 31.9 Å². The summed E-state index contributed by atoms with van der Waals surface area (Å²) in [6.07, 6.45) is -6.46. The molecular weight excluding hydrogens is 1840 g/mol. The van der Waals surface area contributed by atoms with Gasteiger partial charge in [0.2, 0.25) is 29.5 Å².